The van der Waals surface area contributed by atoms with E-state index >= 15 is 0 Å². The molecule has 2 atom stereocenters. The third-order valence-electron chi connectivity index (χ3n) is 3.15. The molecule has 1 N–H and O–H groups in total. The van der Waals surface area contributed by atoms with Crippen LogP contribution in [0.15, 0.2) is 24.3 Å². The minimum absolute atomic E-state index is 0.168. The average molecular weight is 209 g/mol. The van der Waals surface area contributed by atoms with Crippen molar-refractivity contribution in [1.29, 1.82) is 0 Å². The average Bonchev–Trinajstić information content (AvgIpc) is 2.19. The van der Waals surface area contributed by atoms with E-state index in [9.17, 15) is 9.50 Å². The lowest BCUT2D eigenvalue weighted by atomic mass is 9.88. The van der Waals surface area contributed by atoms with Gasteiger partial charge >= 0.3 is 0 Å². The fraction of sp³-hybridized carbons (Fsp3) is 0.500. The zero-order chi connectivity index (χ0) is 10.8. The van der Waals surface area contributed by atoms with Gasteiger partial charge in [-0.05, 0) is 26.0 Å². The lowest BCUT2D eigenvalue weighted by molar-refractivity contribution is -0.0133. The van der Waals surface area contributed by atoms with Gasteiger partial charge in [0.15, 0.2) is 0 Å². The third kappa shape index (κ3) is 2.19. The molecule has 0 saturated heterocycles. The number of nitrogens with zero attached hydrogens (tertiary/aromatic N) is 1. The largest absolute Gasteiger partial charge is 0.391 e. The summed E-state index contributed by atoms with van der Waals surface area (Å²) in [6.45, 7) is 0.564. The van der Waals surface area contributed by atoms with Gasteiger partial charge in [0.2, 0.25) is 0 Å². The van der Waals surface area contributed by atoms with E-state index in [1.807, 2.05) is 18.0 Å². The van der Waals surface area contributed by atoms with Gasteiger partial charge in [-0.1, -0.05) is 18.2 Å². The monoisotopic (exact) mass is 209 g/mol. The molecule has 0 amide bonds. The predicted octanol–water partition coefficient (Wildman–Crippen LogP) is 1.78. The lowest BCUT2D eigenvalue weighted by Gasteiger charge is -2.39. The number of hydrogen-bond donors (Lipinski definition) is 1. The van der Waals surface area contributed by atoms with Gasteiger partial charge in [-0.25, -0.2) is 4.39 Å². The Kier molecular flexibility index (Phi) is 3.03. The van der Waals surface area contributed by atoms with Crippen LogP contribution >= 0.6 is 0 Å². The molecule has 15 heavy (non-hydrogen) atoms. The Morgan fingerprint density at radius 1 is 1.40 bits per heavy atom. The van der Waals surface area contributed by atoms with Crippen LogP contribution in [0.3, 0.4) is 0 Å². The number of halogens is 1. The van der Waals surface area contributed by atoms with Gasteiger partial charge in [0.1, 0.15) is 5.82 Å². The minimum Gasteiger partial charge on any atom is -0.391 e. The van der Waals surface area contributed by atoms with Crippen LogP contribution in [0.1, 0.15) is 18.4 Å². The van der Waals surface area contributed by atoms with Crippen molar-refractivity contribution < 1.29 is 9.50 Å². The molecular formula is C12H16FNO. The van der Waals surface area contributed by atoms with E-state index in [0.717, 1.165) is 12.8 Å². The summed E-state index contributed by atoms with van der Waals surface area (Å²) in [7, 11) is 1.93. The number of benzene rings is 1. The van der Waals surface area contributed by atoms with Crippen molar-refractivity contribution >= 4 is 0 Å². The maximum Gasteiger partial charge on any atom is 0.127 e. The number of likely N-dealkylation sites (N-methyl/N-ethyl adjacent to an activating group) is 1. The van der Waals surface area contributed by atoms with Crippen LogP contribution in [-0.4, -0.2) is 29.2 Å². The van der Waals surface area contributed by atoms with Crippen molar-refractivity contribution in [1.82, 2.24) is 4.90 Å². The van der Waals surface area contributed by atoms with Gasteiger partial charge in [-0.3, -0.25) is 4.90 Å². The Morgan fingerprint density at radius 2 is 2.13 bits per heavy atom. The second-order valence-corrected chi connectivity index (χ2v) is 4.22. The Morgan fingerprint density at radius 3 is 2.67 bits per heavy atom. The molecule has 0 heterocycles. The highest BCUT2D eigenvalue weighted by Crippen LogP contribution is 2.25. The summed E-state index contributed by atoms with van der Waals surface area (Å²) in [6, 6.07) is 6.99. The highest BCUT2D eigenvalue weighted by molar-refractivity contribution is 5.17. The second-order valence-electron chi connectivity index (χ2n) is 4.22. The minimum atomic E-state index is -0.234. The van der Waals surface area contributed by atoms with Crippen molar-refractivity contribution in [3.8, 4) is 0 Å². The Labute approximate surface area is 89.3 Å². The molecule has 1 saturated carbocycles. The van der Waals surface area contributed by atoms with Crippen LogP contribution in [0, 0.1) is 5.82 Å². The molecule has 1 fully saturated rings. The van der Waals surface area contributed by atoms with E-state index in [-0.39, 0.29) is 18.0 Å². The fourth-order valence-corrected chi connectivity index (χ4v) is 1.99. The first kappa shape index (κ1) is 10.6. The number of rotatable bonds is 3. The molecule has 0 bridgehead atoms. The summed E-state index contributed by atoms with van der Waals surface area (Å²) in [4.78, 5) is 2.02. The SMILES string of the molecule is CN(Cc1ccccc1F)C1CCC1O. The van der Waals surface area contributed by atoms with Crippen LogP contribution < -0.4 is 0 Å². The van der Waals surface area contributed by atoms with E-state index in [0.29, 0.717) is 12.1 Å². The molecule has 3 heteroatoms. The molecule has 0 aliphatic heterocycles. The van der Waals surface area contributed by atoms with Gasteiger partial charge < -0.3 is 5.11 Å². The summed E-state index contributed by atoms with van der Waals surface area (Å²) < 4.78 is 13.3. The van der Waals surface area contributed by atoms with Crippen molar-refractivity contribution in [3.05, 3.63) is 35.6 Å². The van der Waals surface area contributed by atoms with E-state index in [2.05, 4.69) is 0 Å². The quantitative estimate of drug-likeness (QED) is 0.820. The molecule has 1 aromatic carbocycles. The van der Waals surface area contributed by atoms with Crippen LogP contribution in [0.4, 0.5) is 4.39 Å². The molecule has 1 aliphatic rings. The second kappa shape index (κ2) is 4.29. The normalized spacial score (nSPS) is 25.3. The van der Waals surface area contributed by atoms with E-state index in [1.54, 1.807) is 12.1 Å². The van der Waals surface area contributed by atoms with Crippen molar-refractivity contribution in [3.63, 3.8) is 0 Å². The summed E-state index contributed by atoms with van der Waals surface area (Å²) in [6.07, 6.45) is 1.64. The fourth-order valence-electron chi connectivity index (χ4n) is 1.99. The standard InChI is InChI=1S/C12H16FNO/c1-14(11-6-7-12(11)15)8-9-4-2-3-5-10(9)13/h2-5,11-12,15H,6-8H2,1H3. The molecule has 1 aliphatic carbocycles. The molecule has 2 nitrogen and oxygen atoms in total. The highest BCUT2D eigenvalue weighted by Gasteiger charge is 2.32. The molecular weight excluding hydrogens is 193 g/mol. The first-order valence-corrected chi connectivity index (χ1v) is 5.30. The Hall–Kier alpha value is -0.930. The summed E-state index contributed by atoms with van der Waals surface area (Å²) in [5.74, 6) is -0.168. The first-order valence-electron chi connectivity index (χ1n) is 5.30. The van der Waals surface area contributed by atoms with E-state index in [1.165, 1.54) is 6.07 Å². The van der Waals surface area contributed by atoms with E-state index in [4.69, 9.17) is 0 Å². The van der Waals surface area contributed by atoms with Crippen molar-refractivity contribution in [2.24, 2.45) is 0 Å². The predicted molar refractivity (Wildman–Crippen MR) is 56.9 cm³/mol. The van der Waals surface area contributed by atoms with Gasteiger partial charge in [0, 0.05) is 18.2 Å². The Balaban J connectivity index is 1.99. The van der Waals surface area contributed by atoms with Gasteiger partial charge in [0.05, 0.1) is 6.10 Å². The van der Waals surface area contributed by atoms with Crippen LogP contribution in [0.25, 0.3) is 0 Å². The van der Waals surface area contributed by atoms with Gasteiger partial charge in [-0.15, -0.1) is 0 Å². The summed E-state index contributed by atoms with van der Waals surface area (Å²) in [5, 5.41) is 9.49. The summed E-state index contributed by atoms with van der Waals surface area (Å²) in [5.41, 5.74) is 0.694. The molecule has 0 spiro atoms. The zero-order valence-corrected chi connectivity index (χ0v) is 8.86. The molecule has 1 aromatic rings. The zero-order valence-electron chi connectivity index (χ0n) is 8.86. The third-order valence-corrected chi connectivity index (χ3v) is 3.15. The maximum absolute atomic E-state index is 13.3. The smallest absolute Gasteiger partial charge is 0.127 e. The molecule has 0 aromatic heterocycles. The molecule has 2 unspecified atom stereocenters. The van der Waals surface area contributed by atoms with Crippen molar-refractivity contribution in [2.75, 3.05) is 7.05 Å². The number of aliphatic hydroxyl groups excluding tert-OH is 1. The summed E-state index contributed by atoms with van der Waals surface area (Å²) >= 11 is 0. The van der Waals surface area contributed by atoms with Crippen LogP contribution in [0.5, 0.6) is 0 Å². The van der Waals surface area contributed by atoms with Gasteiger partial charge in [-0.2, -0.15) is 0 Å². The molecule has 0 radical (unpaired) electrons. The molecule has 2 rings (SSSR count). The van der Waals surface area contributed by atoms with E-state index < -0.39 is 0 Å². The number of hydrogen-bond acceptors (Lipinski definition) is 2. The lowest BCUT2D eigenvalue weighted by Crippen LogP contribution is -2.48. The first-order chi connectivity index (χ1) is 7.18. The topological polar surface area (TPSA) is 23.5 Å². The molecule has 82 valence electrons. The highest BCUT2D eigenvalue weighted by atomic mass is 19.1. The Bertz CT molecular complexity index is 342. The van der Waals surface area contributed by atoms with Crippen molar-refractivity contribution in [2.45, 2.75) is 31.5 Å². The maximum atomic E-state index is 13.3. The number of aliphatic hydroxyl groups is 1. The van der Waals surface area contributed by atoms with Gasteiger partial charge in [0.25, 0.3) is 0 Å². The van der Waals surface area contributed by atoms with Crippen LogP contribution in [-0.2, 0) is 6.54 Å². The van der Waals surface area contributed by atoms with Crippen LogP contribution in [0.2, 0.25) is 0 Å².